The van der Waals surface area contributed by atoms with Crippen LogP contribution in [0.25, 0.3) is 0 Å². The Morgan fingerprint density at radius 2 is 2.07 bits per heavy atom. The average Bonchev–Trinajstić information content (AvgIpc) is 2.15. The number of halogens is 3. The van der Waals surface area contributed by atoms with Gasteiger partial charge in [0.05, 0.1) is 15.7 Å². The van der Waals surface area contributed by atoms with E-state index in [-0.39, 0.29) is 5.82 Å². The second-order valence-corrected chi connectivity index (χ2v) is 4.60. The molecule has 5 heteroatoms. The van der Waals surface area contributed by atoms with Crippen LogP contribution < -0.4 is 0 Å². The molecule has 0 saturated heterocycles. The van der Waals surface area contributed by atoms with Crippen molar-refractivity contribution in [3.05, 3.63) is 30.7 Å². The molecule has 14 heavy (non-hydrogen) atoms. The molecule has 0 aliphatic rings. The third-order valence-electron chi connectivity index (χ3n) is 1.53. The van der Waals surface area contributed by atoms with Gasteiger partial charge in [0.2, 0.25) is 0 Å². The van der Waals surface area contributed by atoms with Crippen LogP contribution in [0.2, 0.25) is 0 Å². The van der Waals surface area contributed by atoms with Crippen LogP contribution in [0.15, 0.2) is 12.1 Å². The van der Waals surface area contributed by atoms with Crippen molar-refractivity contribution in [2.75, 3.05) is 6.61 Å². The zero-order chi connectivity index (χ0) is 10.7. The lowest BCUT2D eigenvalue weighted by molar-refractivity contribution is 0.0525. The number of hydrogen-bond donors (Lipinski definition) is 0. The minimum atomic E-state index is -0.408. The Balaban J connectivity index is 3.11. The summed E-state index contributed by atoms with van der Waals surface area (Å²) in [6.45, 7) is 2.06. The Morgan fingerprint density at radius 1 is 1.43 bits per heavy atom. The van der Waals surface area contributed by atoms with Gasteiger partial charge in [0, 0.05) is 3.57 Å². The summed E-state index contributed by atoms with van der Waals surface area (Å²) in [5, 5.41) is 0. The summed E-state index contributed by atoms with van der Waals surface area (Å²) in [7, 11) is 0. The van der Waals surface area contributed by atoms with Gasteiger partial charge in [-0.1, -0.05) is 0 Å². The van der Waals surface area contributed by atoms with E-state index in [4.69, 9.17) is 4.74 Å². The zero-order valence-corrected chi connectivity index (χ0v) is 11.6. The molecule has 0 fully saturated rings. The van der Waals surface area contributed by atoms with E-state index in [1.54, 1.807) is 6.92 Å². The van der Waals surface area contributed by atoms with Crippen molar-refractivity contribution >= 4 is 51.2 Å². The predicted molar refractivity (Wildman–Crippen MR) is 67.8 cm³/mol. The fraction of sp³-hybridized carbons (Fsp3) is 0.222. The van der Waals surface area contributed by atoms with Crippen LogP contribution in [-0.4, -0.2) is 12.6 Å². The molecule has 0 aromatic heterocycles. The fourth-order valence-corrected chi connectivity index (χ4v) is 2.02. The van der Waals surface area contributed by atoms with Crippen LogP contribution in [-0.2, 0) is 4.74 Å². The summed E-state index contributed by atoms with van der Waals surface area (Å²) in [5.74, 6) is -0.724. The molecule has 0 radical (unpaired) electrons. The third-order valence-corrected chi connectivity index (χ3v) is 4.74. The summed E-state index contributed by atoms with van der Waals surface area (Å²) >= 11 is 3.80. The van der Waals surface area contributed by atoms with Crippen LogP contribution in [0.4, 0.5) is 4.39 Å². The maximum Gasteiger partial charge on any atom is 0.339 e. The van der Waals surface area contributed by atoms with Gasteiger partial charge in [-0.25, -0.2) is 9.18 Å². The SMILES string of the molecule is CCOC(=O)c1ccc(F)c(I)c1I. The molecule has 0 amide bonds. The van der Waals surface area contributed by atoms with E-state index in [2.05, 4.69) is 0 Å². The molecule has 0 atom stereocenters. The molecular formula is C9H7FI2O2. The Kier molecular flexibility index (Phi) is 4.55. The number of rotatable bonds is 2. The van der Waals surface area contributed by atoms with Gasteiger partial charge in [-0.15, -0.1) is 0 Å². The van der Waals surface area contributed by atoms with Crippen molar-refractivity contribution in [2.45, 2.75) is 6.92 Å². The number of benzene rings is 1. The van der Waals surface area contributed by atoms with Crippen LogP contribution >= 0.6 is 45.2 Å². The Morgan fingerprint density at radius 3 is 2.64 bits per heavy atom. The second-order valence-electron chi connectivity index (χ2n) is 2.44. The minimum absolute atomic E-state index is 0.317. The van der Waals surface area contributed by atoms with Crippen molar-refractivity contribution in [1.29, 1.82) is 0 Å². The lowest BCUT2D eigenvalue weighted by atomic mass is 10.2. The molecule has 0 spiro atoms. The third kappa shape index (κ3) is 2.56. The lowest BCUT2D eigenvalue weighted by Gasteiger charge is -2.06. The molecule has 1 aromatic carbocycles. The van der Waals surface area contributed by atoms with E-state index >= 15 is 0 Å². The first kappa shape index (κ1) is 12.2. The van der Waals surface area contributed by atoms with E-state index in [0.29, 0.717) is 19.3 Å². The molecule has 1 aromatic rings. The number of esters is 1. The molecule has 0 bridgehead atoms. The maximum atomic E-state index is 13.0. The standard InChI is InChI=1S/C9H7FI2O2/c1-2-14-9(13)5-3-4-6(10)8(12)7(5)11/h3-4H,2H2,1H3. The van der Waals surface area contributed by atoms with E-state index in [1.807, 2.05) is 45.2 Å². The summed E-state index contributed by atoms with van der Waals surface area (Å²) in [5.41, 5.74) is 0.415. The van der Waals surface area contributed by atoms with Crippen molar-refractivity contribution in [3.63, 3.8) is 0 Å². The number of carbonyl (C=O) groups excluding carboxylic acids is 1. The molecule has 76 valence electrons. The van der Waals surface area contributed by atoms with Gasteiger partial charge in [0.25, 0.3) is 0 Å². The highest BCUT2D eigenvalue weighted by Gasteiger charge is 2.15. The van der Waals surface area contributed by atoms with E-state index < -0.39 is 5.97 Å². The Hall–Kier alpha value is 0.0800. The largest absolute Gasteiger partial charge is 0.462 e. The maximum absolute atomic E-state index is 13.0. The van der Waals surface area contributed by atoms with Crippen LogP contribution in [0.5, 0.6) is 0 Å². The molecular weight excluding hydrogens is 413 g/mol. The topological polar surface area (TPSA) is 26.3 Å². The van der Waals surface area contributed by atoms with Gasteiger partial charge in [-0.2, -0.15) is 0 Å². The fourth-order valence-electron chi connectivity index (χ4n) is 0.892. The highest BCUT2D eigenvalue weighted by Crippen LogP contribution is 2.22. The first-order valence-electron chi connectivity index (χ1n) is 3.88. The first-order chi connectivity index (χ1) is 6.57. The summed E-state index contributed by atoms with van der Waals surface area (Å²) in [6, 6.07) is 2.72. The monoisotopic (exact) mass is 420 g/mol. The molecule has 1 rings (SSSR count). The van der Waals surface area contributed by atoms with Crippen molar-refractivity contribution in [2.24, 2.45) is 0 Å². The van der Waals surface area contributed by atoms with Crippen LogP contribution in [0, 0.1) is 13.0 Å². The zero-order valence-electron chi connectivity index (χ0n) is 7.31. The normalized spacial score (nSPS) is 10.0. The molecule has 0 N–H and O–H groups in total. The smallest absolute Gasteiger partial charge is 0.339 e. The predicted octanol–water partition coefficient (Wildman–Crippen LogP) is 3.21. The van der Waals surface area contributed by atoms with E-state index in [1.165, 1.54) is 12.1 Å². The van der Waals surface area contributed by atoms with Crippen molar-refractivity contribution in [1.82, 2.24) is 0 Å². The average molecular weight is 420 g/mol. The van der Waals surface area contributed by atoms with Gasteiger partial charge >= 0.3 is 5.97 Å². The van der Waals surface area contributed by atoms with Crippen LogP contribution in [0.3, 0.4) is 0 Å². The first-order valence-corrected chi connectivity index (χ1v) is 6.04. The highest BCUT2D eigenvalue weighted by atomic mass is 127. The van der Waals surface area contributed by atoms with Gasteiger partial charge < -0.3 is 4.74 Å². The Bertz CT molecular complexity index is 366. The van der Waals surface area contributed by atoms with Gasteiger partial charge in [0.15, 0.2) is 0 Å². The quantitative estimate of drug-likeness (QED) is 0.418. The number of hydrogen-bond acceptors (Lipinski definition) is 2. The summed E-state index contributed by atoms with van der Waals surface area (Å²) in [6.07, 6.45) is 0. The van der Waals surface area contributed by atoms with Crippen LogP contribution in [0.1, 0.15) is 17.3 Å². The molecule has 0 aliphatic carbocycles. The molecule has 0 saturated carbocycles. The molecule has 0 heterocycles. The number of carbonyl (C=O) groups is 1. The highest BCUT2D eigenvalue weighted by molar-refractivity contribution is 14.1. The van der Waals surface area contributed by atoms with Gasteiger partial charge in [0.1, 0.15) is 5.82 Å². The lowest BCUT2D eigenvalue weighted by Crippen LogP contribution is -2.08. The molecule has 2 nitrogen and oxygen atoms in total. The molecule has 0 unspecified atom stereocenters. The molecule has 0 aliphatic heterocycles. The summed E-state index contributed by atoms with van der Waals surface area (Å²) < 4.78 is 18.9. The van der Waals surface area contributed by atoms with Gasteiger partial charge in [-0.3, -0.25) is 0 Å². The van der Waals surface area contributed by atoms with Gasteiger partial charge in [-0.05, 0) is 64.2 Å². The summed E-state index contributed by atoms with van der Waals surface area (Å²) in [4.78, 5) is 11.4. The van der Waals surface area contributed by atoms with E-state index in [0.717, 1.165) is 0 Å². The van der Waals surface area contributed by atoms with E-state index in [9.17, 15) is 9.18 Å². The number of ether oxygens (including phenoxy) is 1. The minimum Gasteiger partial charge on any atom is -0.462 e. The van der Waals surface area contributed by atoms with Crippen molar-refractivity contribution in [3.8, 4) is 0 Å². The van der Waals surface area contributed by atoms with Crippen molar-refractivity contribution < 1.29 is 13.9 Å². The second kappa shape index (κ2) is 5.24. The Labute approximate surface area is 108 Å².